The maximum absolute atomic E-state index is 12.1. The Morgan fingerprint density at radius 3 is 2.32 bits per heavy atom. The van der Waals surface area contributed by atoms with Crippen molar-refractivity contribution in [2.45, 2.75) is 12.8 Å². The van der Waals surface area contributed by atoms with E-state index in [0.29, 0.717) is 5.56 Å². The molecule has 0 fully saturated rings. The van der Waals surface area contributed by atoms with Gasteiger partial charge in [-0.15, -0.1) is 0 Å². The molecule has 0 atom stereocenters. The number of alkyl halides is 1. The summed E-state index contributed by atoms with van der Waals surface area (Å²) < 4.78 is 5.74. The molecule has 1 heterocycles. The highest BCUT2D eigenvalue weighted by molar-refractivity contribution is 9.09. The van der Waals surface area contributed by atoms with Crippen molar-refractivity contribution >= 4 is 27.8 Å². The second-order valence-electron chi connectivity index (χ2n) is 6.33. The van der Waals surface area contributed by atoms with Crippen LogP contribution in [0.4, 0.5) is 0 Å². The highest BCUT2D eigenvalue weighted by Gasteiger charge is 2.02. The molecule has 4 heteroatoms. The molecule has 3 rings (SSSR count). The molecule has 142 valence electrons. The van der Waals surface area contributed by atoms with E-state index in [0.717, 1.165) is 47.2 Å². The molecule has 0 bridgehead atoms. The molecule has 3 nitrogen and oxygen atoms in total. The van der Waals surface area contributed by atoms with Crippen molar-refractivity contribution < 1.29 is 9.53 Å². The molecule has 0 unspecified atom stereocenters. The standard InChI is InChI=1S/C24H22BrNO2/c25-15-1-2-17-28-23-12-10-21(11-13-23)20-8-5-19(6-9-20)7-14-24(27)22-4-3-16-26-18-22/h3-14,16,18H,1-2,15,17H2/b14-7+. The maximum atomic E-state index is 12.1. The summed E-state index contributed by atoms with van der Waals surface area (Å²) >= 11 is 3.42. The number of benzene rings is 2. The molecule has 0 amide bonds. The SMILES string of the molecule is O=C(/C=C/c1ccc(-c2ccc(OCCCCBr)cc2)cc1)c1cccnc1. The Kier molecular flexibility index (Phi) is 7.56. The number of unbranched alkanes of at least 4 members (excludes halogenated alkanes) is 1. The fraction of sp³-hybridized carbons (Fsp3) is 0.167. The first kappa shape index (κ1) is 20.0. The smallest absolute Gasteiger partial charge is 0.187 e. The summed E-state index contributed by atoms with van der Waals surface area (Å²) in [6.45, 7) is 0.740. The van der Waals surface area contributed by atoms with Crippen molar-refractivity contribution in [3.63, 3.8) is 0 Å². The van der Waals surface area contributed by atoms with Gasteiger partial charge in [0.05, 0.1) is 6.61 Å². The molecule has 0 saturated heterocycles. The third-order valence-electron chi connectivity index (χ3n) is 4.27. The average molecular weight is 436 g/mol. The lowest BCUT2D eigenvalue weighted by Gasteiger charge is -2.07. The molecule has 0 saturated carbocycles. The number of pyridine rings is 1. The third-order valence-corrected chi connectivity index (χ3v) is 4.83. The number of carbonyl (C=O) groups is 1. The third kappa shape index (κ3) is 5.89. The minimum Gasteiger partial charge on any atom is -0.494 e. The summed E-state index contributed by atoms with van der Waals surface area (Å²) in [4.78, 5) is 16.1. The molecule has 0 N–H and O–H groups in total. The topological polar surface area (TPSA) is 39.2 Å². The number of hydrogen-bond donors (Lipinski definition) is 0. The van der Waals surface area contributed by atoms with Gasteiger partial charge in [-0.1, -0.05) is 58.4 Å². The summed E-state index contributed by atoms with van der Waals surface area (Å²) in [6.07, 6.45) is 8.79. The minimum absolute atomic E-state index is 0.0519. The number of nitrogens with zero attached hydrogens (tertiary/aromatic N) is 1. The van der Waals surface area contributed by atoms with Gasteiger partial charge in [0, 0.05) is 23.3 Å². The number of carbonyl (C=O) groups excluding carboxylic acids is 1. The summed E-state index contributed by atoms with van der Waals surface area (Å²) in [5.74, 6) is 0.843. The quantitative estimate of drug-likeness (QED) is 0.174. The number of hydrogen-bond acceptors (Lipinski definition) is 3. The van der Waals surface area contributed by atoms with Gasteiger partial charge in [-0.3, -0.25) is 9.78 Å². The maximum Gasteiger partial charge on any atom is 0.187 e. The first-order chi connectivity index (χ1) is 13.8. The van der Waals surface area contributed by atoms with Crippen LogP contribution in [0, 0.1) is 0 Å². The molecule has 2 aromatic carbocycles. The highest BCUT2D eigenvalue weighted by Crippen LogP contribution is 2.23. The van der Waals surface area contributed by atoms with Crippen LogP contribution in [0.3, 0.4) is 0 Å². The van der Waals surface area contributed by atoms with E-state index in [2.05, 4.69) is 45.2 Å². The predicted octanol–water partition coefficient (Wildman–Crippen LogP) is 6.20. The van der Waals surface area contributed by atoms with Gasteiger partial charge in [0.15, 0.2) is 5.78 Å². The van der Waals surface area contributed by atoms with Crippen LogP contribution in [0.5, 0.6) is 5.75 Å². The van der Waals surface area contributed by atoms with Gasteiger partial charge in [0.2, 0.25) is 0 Å². The molecule has 28 heavy (non-hydrogen) atoms. The first-order valence-electron chi connectivity index (χ1n) is 9.28. The van der Waals surface area contributed by atoms with Crippen LogP contribution < -0.4 is 4.74 Å². The molecule has 1 aromatic heterocycles. The Hall–Kier alpha value is -2.72. The zero-order valence-corrected chi connectivity index (χ0v) is 17.1. The largest absolute Gasteiger partial charge is 0.494 e. The van der Waals surface area contributed by atoms with Crippen LogP contribution in [-0.4, -0.2) is 22.7 Å². The van der Waals surface area contributed by atoms with Gasteiger partial charge in [-0.2, -0.15) is 0 Å². The van der Waals surface area contributed by atoms with E-state index >= 15 is 0 Å². The van der Waals surface area contributed by atoms with Crippen LogP contribution in [0.25, 0.3) is 17.2 Å². The van der Waals surface area contributed by atoms with Crippen molar-refractivity contribution in [3.05, 3.63) is 90.3 Å². The fourth-order valence-corrected chi connectivity index (χ4v) is 3.09. The predicted molar refractivity (Wildman–Crippen MR) is 118 cm³/mol. The van der Waals surface area contributed by atoms with E-state index in [9.17, 15) is 4.79 Å². The van der Waals surface area contributed by atoms with Gasteiger partial charge >= 0.3 is 0 Å². The lowest BCUT2D eigenvalue weighted by molar-refractivity contribution is 0.104. The zero-order chi connectivity index (χ0) is 19.6. The normalized spacial score (nSPS) is 10.9. The summed E-state index contributed by atoms with van der Waals surface area (Å²) in [5.41, 5.74) is 3.83. The molecular formula is C24H22BrNO2. The van der Waals surface area contributed by atoms with Crippen LogP contribution in [0.1, 0.15) is 28.8 Å². The summed E-state index contributed by atoms with van der Waals surface area (Å²) in [7, 11) is 0. The van der Waals surface area contributed by atoms with Crippen LogP contribution in [0.2, 0.25) is 0 Å². The van der Waals surface area contributed by atoms with Gasteiger partial charge in [-0.05, 0) is 59.9 Å². The van der Waals surface area contributed by atoms with Gasteiger partial charge in [0.1, 0.15) is 5.75 Å². The van der Waals surface area contributed by atoms with Crippen molar-refractivity contribution in [2.24, 2.45) is 0 Å². The molecule has 0 aliphatic carbocycles. The molecule has 0 aliphatic rings. The van der Waals surface area contributed by atoms with Gasteiger partial charge in [-0.25, -0.2) is 0 Å². The first-order valence-corrected chi connectivity index (χ1v) is 10.4. The average Bonchev–Trinajstić information content (AvgIpc) is 2.76. The van der Waals surface area contributed by atoms with E-state index in [4.69, 9.17) is 4.74 Å². The lowest BCUT2D eigenvalue weighted by Crippen LogP contribution is -1.97. The van der Waals surface area contributed by atoms with Crippen LogP contribution in [0.15, 0.2) is 79.1 Å². The van der Waals surface area contributed by atoms with E-state index in [-0.39, 0.29) is 5.78 Å². The van der Waals surface area contributed by atoms with E-state index < -0.39 is 0 Å². The van der Waals surface area contributed by atoms with Crippen LogP contribution >= 0.6 is 15.9 Å². The Morgan fingerprint density at radius 2 is 1.68 bits per heavy atom. The van der Waals surface area contributed by atoms with Gasteiger partial charge in [0.25, 0.3) is 0 Å². The van der Waals surface area contributed by atoms with Crippen molar-refractivity contribution in [2.75, 3.05) is 11.9 Å². The Bertz CT molecular complexity index is 904. The van der Waals surface area contributed by atoms with E-state index in [1.54, 1.807) is 30.6 Å². The minimum atomic E-state index is -0.0519. The number of ketones is 1. The van der Waals surface area contributed by atoms with Crippen LogP contribution in [-0.2, 0) is 0 Å². The van der Waals surface area contributed by atoms with Crippen molar-refractivity contribution in [1.29, 1.82) is 0 Å². The Morgan fingerprint density at radius 1 is 0.964 bits per heavy atom. The number of halogens is 1. The van der Waals surface area contributed by atoms with E-state index in [1.807, 2.05) is 30.3 Å². The van der Waals surface area contributed by atoms with E-state index in [1.165, 1.54) is 0 Å². The second kappa shape index (κ2) is 10.6. The molecule has 0 aliphatic heterocycles. The summed E-state index contributed by atoms with van der Waals surface area (Å²) in [6, 6.07) is 19.8. The fourth-order valence-electron chi connectivity index (χ4n) is 2.69. The highest BCUT2D eigenvalue weighted by atomic mass is 79.9. The molecule has 0 spiro atoms. The monoisotopic (exact) mass is 435 g/mol. The number of allylic oxidation sites excluding steroid dienone is 1. The Labute approximate surface area is 174 Å². The van der Waals surface area contributed by atoms with Crippen molar-refractivity contribution in [1.82, 2.24) is 4.98 Å². The second-order valence-corrected chi connectivity index (χ2v) is 7.12. The Balaban J connectivity index is 1.59. The number of ether oxygens (including phenoxy) is 1. The zero-order valence-electron chi connectivity index (χ0n) is 15.6. The molecule has 3 aromatic rings. The molecular weight excluding hydrogens is 414 g/mol. The number of aromatic nitrogens is 1. The van der Waals surface area contributed by atoms with Gasteiger partial charge < -0.3 is 4.74 Å². The summed E-state index contributed by atoms with van der Waals surface area (Å²) in [5, 5.41) is 1.01. The molecule has 0 radical (unpaired) electrons. The van der Waals surface area contributed by atoms with Crippen molar-refractivity contribution in [3.8, 4) is 16.9 Å². The lowest BCUT2D eigenvalue weighted by atomic mass is 10.0. The number of rotatable bonds is 9.